The highest BCUT2D eigenvalue weighted by Gasteiger charge is 2.44. The summed E-state index contributed by atoms with van der Waals surface area (Å²) in [5.74, 6) is -4.48. The quantitative estimate of drug-likeness (QED) is 0.00916. The first kappa shape index (κ1) is 115. The number of piperidine rings is 2. The van der Waals surface area contributed by atoms with Crippen molar-refractivity contribution in [3.8, 4) is 17.2 Å². The summed E-state index contributed by atoms with van der Waals surface area (Å²) in [4.78, 5) is 102. The predicted molar refractivity (Wildman–Crippen MR) is 530 cm³/mol. The summed E-state index contributed by atoms with van der Waals surface area (Å²) >= 11 is 14.6. The summed E-state index contributed by atoms with van der Waals surface area (Å²) in [6.07, 6.45) is -0.491. The van der Waals surface area contributed by atoms with E-state index in [0.29, 0.717) is 90.1 Å². The van der Waals surface area contributed by atoms with Gasteiger partial charge in [-0.3, -0.25) is 33.9 Å². The van der Waals surface area contributed by atoms with E-state index < -0.39 is 125 Å². The van der Waals surface area contributed by atoms with E-state index in [1.165, 1.54) is 123 Å². The van der Waals surface area contributed by atoms with Gasteiger partial charge in [-0.15, -0.1) is 23.2 Å². The van der Waals surface area contributed by atoms with Crippen molar-refractivity contribution in [3.05, 3.63) is 278 Å². The van der Waals surface area contributed by atoms with Gasteiger partial charge in [-0.25, -0.2) is 32.1 Å². The minimum atomic E-state index is -4.74. The number of rotatable bonds is 27. The van der Waals surface area contributed by atoms with E-state index in [0.717, 1.165) is 67.5 Å². The van der Waals surface area contributed by atoms with Gasteiger partial charge in [0.2, 0.25) is 11.8 Å². The average Bonchev–Trinajstić information content (AvgIpc) is 0.940. The maximum atomic E-state index is 15.2. The van der Waals surface area contributed by atoms with Gasteiger partial charge in [0, 0.05) is 80.9 Å². The van der Waals surface area contributed by atoms with Crippen LogP contribution in [0.3, 0.4) is 0 Å². The van der Waals surface area contributed by atoms with Crippen LogP contribution in [0.25, 0.3) is 0 Å². The van der Waals surface area contributed by atoms with Gasteiger partial charge in [0.05, 0.1) is 71.3 Å². The highest BCUT2D eigenvalue weighted by molar-refractivity contribution is 7.53. The molecule has 4 aliphatic rings. The van der Waals surface area contributed by atoms with Crippen molar-refractivity contribution < 1.29 is 125 Å². The van der Waals surface area contributed by atoms with E-state index in [2.05, 4.69) is 51.4 Å². The molecule has 0 radical (unpaired) electrons. The first-order valence-corrected chi connectivity index (χ1v) is 56.3. The Bertz CT molecular complexity index is 5720. The molecule has 2 saturated heterocycles. The largest absolute Gasteiger partial charge is 0.524 e. The summed E-state index contributed by atoms with van der Waals surface area (Å²) in [6.45, 7) is 22.7. The summed E-state index contributed by atoms with van der Waals surface area (Å²) in [6, 6.07) is 47.8. The van der Waals surface area contributed by atoms with Gasteiger partial charge >= 0.3 is 46.9 Å². The smallest absolute Gasteiger partial charge is 0.449 e. The zero-order chi connectivity index (χ0) is 103. The molecule has 25 nitrogen and oxygen atoms in total. The lowest BCUT2D eigenvalue weighted by Gasteiger charge is -2.41. The number of amides is 5. The third-order valence-electron chi connectivity index (χ3n) is 22.5. The number of ether oxygens (including phenoxy) is 2. The van der Waals surface area contributed by atoms with Gasteiger partial charge in [-0.05, 0) is 240 Å². The highest BCUT2D eigenvalue weighted by atomic mass is 35.5. The molecular formula is C100H120Cl3F8N6O19P3Si. The molecule has 5 amide bonds. The van der Waals surface area contributed by atoms with Crippen LogP contribution in [0.1, 0.15) is 185 Å². The first-order chi connectivity index (χ1) is 65.9. The third-order valence-corrected chi connectivity index (χ3v) is 25.6. The molecule has 0 bridgehead atoms. The minimum Gasteiger partial charge on any atom is -0.449 e. The average molecular weight is 2090 g/mol. The normalized spacial score (nSPS) is 16.9. The molecule has 0 aromatic heterocycles. The van der Waals surface area contributed by atoms with Crippen LogP contribution in [0.15, 0.2) is 194 Å². The number of halogens is 11. The number of hydrogen-bond acceptors (Lipinski definition) is 18. The number of aliphatic hydroxyl groups is 1. The van der Waals surface area contributed by atoms with Crippen LogP contribution in [0.2, 0.25) is 26.2 Å². The Balaban J connectivity index is 0.000000250. The van der Waals surface area contributed by atoms with Gasteiger partial charge in [-0.1, -0.05) is 149 Å². The molecule has 2 unspecified atom stereocenters. The molecule has 2 heterocycles. The molecule has 0 spiro atoms. The van der Waals surface area contributed by atoms with Crippen LogP contribution >= 0.6 is 57.8 Å². The number of phosphoric acid groups is 1. The molecule has 4 fully saturated rings. The molecular weight excluding hydrogens is 1970 g/mol. The number of carbonyl (C=O) groups excluding carboxylic acids is 6. The topological polar surface area (TPSA) is 325 Å². The standard InChI is InChI=1S/C41H42F4N3O8P.C33H35F4N3O2.C11H14ClO5P.C10H15O4P.C4H12Si.CH2Cl2/c1-25-12-17-29(23-34(25)41(43,44)45)46-38(49)33-10-6-22-47(39(50)36-26(2)7-5-11-35(36)42)37(33)28-15-18-31(19-16-28)48(30-8-3-4-9-30)40(51)55-24-27-13-20-32(21-14-27)56-57(52,53)54;1-20-12-15-25(19-27(20)33(35,36)37)39-31(41)26-10-6-18-40(32(42)29-21(2)7-5-11-28(29)34)30(26)22-13-16-24(17-14-22)38-23-8-3-4-9-23;1-3-16-18(2,14)17-10-6-4-9(5-7-10)8-15-11(12)13;1-3-13-15(2,12)14-10-6-4-9(8-11)5-7-10;1-5(2,3)4;2-1-3/h5,7,11-21,23,30,33,37H,3-4,6,8-10,22,24H2,1-2H3,(H,46,49)(H2,52,53,54);5,7,11-17,19,23,26,30,38H,3-4,6,8-10,18H2,1-2H3,(H,39,41);4-7H,3,8H2,1-2H3;4-7,11H,3,8H2,1-2H3;1-4H3;1H2/t33-,37-;26-,30-;;;;/m00..../s1. The second-order valence-corrected chi connectivity index (χ2v) is 47.6. The molecule has 9 aromatic carbocycles. The fraction of sp³-hybridized carbons (Fsp3) is 0.400. The van der Waals surface area contributed by atoms with Gasteiger partial charge in [0.25, 0.3) is 11.8 Å². The number of likely N-dealkylation sites (tertiary alicyclic amines) is 2. The zero-order valence-electron chi connectivity index (χ0n) is 79.8. The molecule has 2 saturated carbocycles. The molecule has 2 aliphatic heterocycles. The van der Waals surface area contributed by atoms with Crippen molar-refractivity contribution >= 4 is 124 Å². The lowest BCUT2D eigenvalue weighted by atomic mass is 9.83. The molecule has 140 heavy (non-hydrogen) atoms. The van der Waals surface area contributed by atoms with Gasteiger partial charge in [0.1, 0.15) is 42.1 Å². The summed E-state index contributed by atoms with van der Waals surface area (Å²) < 4.78 is 182. The van der Waals surface area contributed by atoms with Crippen molar-refractivity contribution in [2.75, 3.05) is 65.8 Å². The number of benzene rings is 9. The van der Waals surface area contributed by atoms with Crippen molar-refractivity contribution in [3.63, 3.8) is 0 Å². The van der Waals surface area contributed by atoms with Crippen molar-refractivity contribution in [1.82, 2.24) is 9.80 Å². The monoisotopic (exact) mass is 2090 g/mol. The fourth-order valence-electron chi connectivity index (χ4n) is 16.3. The second kappa shape index (κ2) is 53.2. The van der Waals surface area contributed by atoms with E-state index in [1.54, 1.807) is 118 Å². The van der Waals surface area contributed by atoms with Gasteiger partial charge < -0.3 is 62.9 Å². The predicted octanol–water partition coefficient (Wildman–Crippen LogP) is 26.9. The Labute approximate surface area is 827 Å². The Morgan fingerprint density at radius 1 is 0.486 bits per heavy atom. The van der Waals surface area contributed by atoms with Crippen LogP contribution in [0.4, 0.5) is 67.5 Å². The number of aliphatic hydroxyl groups excluding tert-OH is 1. The number of anilines is 4. The second-order valence-electron chi connectivity index (χ2n) is 35.3. The fourth-order valence-corrected chi connectivity index (χ4v) is 18.8. The van der Waals surface area contributed by atoms with Gasteiger partial charge in [0.15, 0.2) is 0 Å². The molecule has 13 rings (SSSR count). The highest BCUT2D eigenvalue weighted by Crippen LogP contribution is 2.48. The molecule has 6 atom stereocenters. The van der Waals surface area contributed by atoms with E-state index >= 15 is 4.39 Å². The Kier molecular flexibility index (Phi) is 43.8. The lowest BCUT2D eigenvalue weighted by molar-refractivity contribution is -0.138. The number of phosphoric ester groups is 1. The molecule has 40 heteroatoms. The number of nitrogens with zero attached hydrogens (tertiary/aromatic N) is 3. The molecule has 2 aliphatic carbocycles. The number of hydrogen-bond donors (Lipinski definition) is 6. The summed E-state index contributed by atoms with van der Waals surface area (Å²) in [5.41, 5.74) is 2.84. The summed E-state index contributed by atoms with van der Waals surface area (Å²) in [7, 11) is -11.4. The van der Waals surface area contributed by atoms with E-state index in [4.69, 9.17) is 72.5 Å². The number of aryl methyl sites for hydroxylation is 4. The Morgan fingerprint density at radius 2 is 0.850 bits per heavy atom. The molecule has 9 aromatic rings. The van der Waals surface area contributed by atoms with Crippen LogP contribution < -0.4 is 34.4 Å². The lowest BCUT2D eigenvalue weighted by Crippen LogP contribution is -2.47. The SMILES string of the molecule is CCOP(C)(=O)Oc1ccc(CO)cc1.CCOP(C)(=O)Oc1ccc(COC(=O)Cl)cc1.C[Si](C)(C)C.Cc1ccc(NC(=O)[C@H]2CCCN(C(=O)c3c(C)cccc3F)[C@H]2c2ccc(N(C(=O)OCc3ccc(OP(=O)(O)O)cc3)C3CCCC3)cc2)cc1C(F)(F)F.Cc1ccc(NC(=O)[C@H]2CCCN(C(=O)c3c(C)cccc3F)[C@H]2c2ccc(NC3CCCC3)cc2)cc1C(F)(F)F.ClCCl. The van der Waals surface area contributed by atoms with Crippen molar-refractivity contribution in [2.24, 2.45) is 11.8 Å². The number of carbonyl (C=O) groups is 6. The molecule has 760 valence electrons. The first-order valence-electron chi connectivity index (χ1n) is 45.4. The Hall–Kier alpha value is -10.2. The van der Waals surface area contributed by atoms with Crippen LogP contribution in [0.5, 0.6) is 17.2 Å². The number of nitrogens with one attached hydrogen (secondary N) is 3. The minimum absolute atomic E-state index is 0.00601. The van der Waals surface area contributed by atoms with Crippen molar-refractivity contribution in [2.45, 2.75) is 201 Å². The number of alkyl halides is 8. The van der Waals surface area contributed by atoms with E-state index in [-0.39, 0.29) is 83.5 Å². The third kappa shape index (κ3) is 36.0. The van der Waals surface area contributed by atoms with Crippen LogP contribution in [0, 0.1) is 51.2 Å². The molecule has 6 N–H and O–H groups in total. The van der Waals surface area contributed by atoms with Gasteiger partial charge in [-0.2, -0.15) is 26.3 Å². The van der Waals surface area contributed by atoms with E-state index in [1.807, 2.05) is 24.3 Å². The Morgan fingerprint density at radius 3 is 1.21 bits per heavy atom. The zero-order valence-corrected chi connectivity index (χ0v) is 85.7. The maximum Gasteiger partial charge on any atom is 0.524 e. The maximum absolute atomic E-state index is 15.2. The van der Waals surface area contributed by atoms with Crippen LogP contribution in [-0.2, 0) is 74.0 Å². The van der Waals surface area contributed by atoms with Crippen molar-refractivity contribution in [1.29, 1.82) is 0 Å². The summed E-state index contributed by atoms with van der Waals surface area (Å²) in [5, 5.41) is 17.9. The van der Waals surface area contributed by atoms with Crippen LogP contribution in [-0.4, -0.2) is 125 Å². The van der Waals surface area contributed by atoms with E-state index in [9.17, 15) is 73.2 Å².